The largest absolute Gasteiger partial charge is 0.388 e. The highest BCUT2D eigenvalue weighted by Crippen LogP contribution is 2.46. The van der Waals surface area contributed by atoms with E-state index in [9.17, 15) is 14.3 Å². The topological polar surface area (TPSA) is 81.2 Å². The number of halogens is 2. The Morgan fingerprint density at radius 3 is 2.85 bits per heavy atom. The summed E-state index contributed by atoms with van der Waals surface area (Å²) < 4.78 is 12.2. The number of H-pyrrole nitrogens is 1. The van der Waals surface area contributed by atoms with Crippen LogP contribution in [0.15, 0.2) is 18.3 Å². The van der Waals surface area contributed by atoms with Crippen LogP contribution in [-0.4, -0.2) is 52.5 Å². The summed E-state index contributed by atoms with van der Waals surface area (Å²) >= 11 is 6.23. The van der Waals surface area contributed by atoms with E-state index in [1.54, 1.807) is 17.2 Å². The lowest BCUT2D eigenvalue weighted by Crippen LogP contribution is -2.47. The van der Waals surface area contributed by atoms with Crippen LogP contribution in [0.4, 0.5) is 9.18 Å². The number of hydrogen-bond donors (Lipinski definition) is 3. The minimum Gasteiger partial charge on any atom is -0.388 e. The lowest BCUT2D eigenvalue weighted by molar-refractivity contribution is -0.0143. The van der Waals surface area contributed by atoms with Crippen molar-refractivity contribution in [1.29, 1.82) is 0 Å². The Hall–Kier alpha value is -1.86. The Balaban J connectivity index is 1.73. The number of rotatable bonds is 5. The lowest BCUT2D eigenvalue weighted by Gasteiger charge is -2.43. The Kier molecular flexibility index (Phi) is 5.91. The van der Waals surface area contributed by atoms with Crippen molar-refractivity contribution in [3.8, 4) is 0 Å². The monoisotopic (exact) mass is 396 g/mol. The fourth-order valence-electron chi connectivity index (χ4n) is 3.98. The van der Waals surface area contributed by atoms with Gasteiger partial charge in [0, 0.05) is 35.6 Å². The van der Waals surface area contributed by atoms with Gasteiger partial charge < -0.3 is 15.3 Å². The molecule has 0 radical (unpaired) electrons. The number of amides is 2. The Bertz CT molecular complexity index is 802. The third kappa shape index (κ3) is 4.04. The number of urea groups is 1. The normalized spacial score (nSPS) is 17.3. The van der Waals surface area contributed by atoms with Gasteiger partial charge in [-0.1, -0.05) is 25.4 Å². The quantitative estimate of drug-likeness (QED) is 0.721. The van der Waals surface area contributed by atoms with Crippen LogP contribution in [0.3, 0.4) is 0 Å². The van der Waals surface area contributed by atoms with Gasteiger partial charge in [-0.2, -0.15) is 5.10 Å². The second-order valence-corrected chi connectivity index (χ2v) is 8.17. The van der Waals surface area contributed by atoms with Crippen molar-refractivity contribution in [3.05, 3.63) is 28.9 Å². The number of alkyl halides is 1. The highest BCUT2D eigenvalue weighted by Gasteiger charge is 2.40. The highest BCUT2D eigenvalue weighted by molar-refractivity contribution is 6.31. The first-order valence-electron chi connectivity index (χ1n) is 9.24. The number of benzene rings is 1. The zero-order chi connectivity index (χ0) is 19.6. The van der Waals surface area contributed by atoms with Gasteiger partial charge >= 0.3 is 6.03 Å². The van der Waals surface area contributed by atoms with Gasteiger partial charge in [-0.25, -0.2) is 9.18 Å². The second-order valence-electron chi connectivity index (χ2n) is 7.74. The predicted molar refractivity (Wildman–Crippen MR) is 104 cm³/mol. The summed E-state index contributed by atoms with van der Waals surface area (Å²) in [6.07, 6.45) is 2.52. The maximum atomic E-state index is 12.2. The molecule has 1 saturated heterocycles. The fraction of sp³-hybridized carbons (Fsp3) is 0.579. The summed E-state index contributed by atoms with van der Waals surface area (Å²) in [6, 6.07) is 3.38. The number of nitrogens with one attached hydrogen (secondary N) is 2. The molecular formula is C19H26ClFN4O2. The zero-order valence-electron chi connectivity index (χ0n) is 15.6. The summed E-state index contributed by atoms with van der Waals surface area (Å²) in [7, 11) is 0. The van der Waals surface area contributed by atoms with Gasteiger partial charge in [0.2, 0.25) is 0 Å². The number of fused-ring (bicyclic) bond motifs is 1. The average molecular weight is 397 g/mol. The molecule has 0 spiro atoms. The van der Waals surface area contributed by atoms with Gasteiger partial charge in [-0.05, 0) is 36.3 Å². The van der Waals surface area contributed by atoms with Crippen LogP contribution in [0.2, 0.25) is 5.02 Å². The van der Waals surface area contributed by atoms with E-state index in [-0.39, 0.29) is 18.5 Å². The molecule has 1 fully saturated rings. The predicted octanol–water partition coefficient (Wildman–Crippen LogP) is 3.67. The van der Waals surface area contributed by atoms with Crippen molar-refractivity contribution in [2.24, 2.45) is 11.3 Å². The molecule has 2 amide bonds. The number of nitrogens with zero attached hydrogens (tertiary/aromatic N) is 2. The summed E-state index contributed by atoms with van der Waals surface area (Å²) in [5.74, 6) is 0.231. The molecule has 1 atom stereocenters. The number of piperidine rings is 1. The minimum atomic E-state index is -0.726. The van der Waals surface area contributed by atoms with E-state index in [4.69, 9.17) is 11.6 Å². The molecule has 2 aromatic rings. The van der Waals surface area contributed by atoms with Crippen LogP contribution in [0.1, 0.15) is 38.4 Å². The molecule has 6 nitrogen and oxygen atoms in total. The van der Waals surface area contributed by atoms with E-state index < -0.39 is 18.2 Å². The average Bonchev–Trinajstić information content (AvgIpc) is 3.13. The van der Waals surface area contributed by atoms with Crippen molar-refractivity contribution >= 4 is 28.5 Å². The van der Waals surface area contributed by atoms with Gasteiger partial charge in [0.25, 0.3) is 0 Å². The summed E-state index contributed by atoms with van der Waals surface area (Å²) in [6.45, 7) is 4.75. The molecule has 1 aliphatic heterocycles. The summed E-state index contributed by atoms with van der Waals surface area (Å²) in [5.41, 5.74) is 1.12. The first kappa shape index (κ1) is 19.9. The van der Waals surface area contributed by atoms with Gasteiger partial charge in [0.15, 0.2) is 0 Å². The van der Waals surface area contributed by atoms with Crippen molar-refractivity contribution in [2.75, 3.05) is 26.3 Å². The maximum absolute atomic E-state index is 12.2. The first-order chi connectivity index (χ1) is 12.8. The van der Waals surface area contributed by atoms with Crippen LogP contribution in [0, 0.1) is 11.3 Å². The number of aliphatic hydroxyl groups is 1. The molecule has 2 heterocycles. The molecule has 0 bridgehead atoms. The molecule has 1 aromatic heterocycles. The number of aromatic nitrogens is 2. The fourth-order valence-corrected chi connectivity index (χ4v) is 4.21. The van der Waals surface area contributed by atoms with Gasteiger partial charge in [0.05, 0.1) is 17.8 Å². The van der Waals surface area contributed by atoms with Gasteiger partial charge in [-0.3, -0.25) is 5.10 Å². The maximum Gasteiger partial charge on any atom is 0.317 e. The Morgan fingerprint density at radius 1 is 1.48 bits per heavy atom. The van der Waals surface area contributed by atoms with Crippen LogP contribution in [0.25, 0.3) is 10.9 Å². The molecular weight excluding hydrogens is 371 g/mol. The molecule has 1 aliphatic rings. The third-order valence-corrected chi connectivity index (χ3v) is 5.97. The van der Waals surface area contributed by atoms with Crippen molar-refractivity contribution in [2.45, 2.75) is 32.8 Å². The Morgan fingerprint density at radius 2 is 2.19 bits per heavy atom. The number of carbonyl (C=O) groups excluding carboxylic acids is 1. The SMILES string of the molecule is CC(C)(C1CCN(C(=O)NCCF)CC1)[C@H](O)c1cc(Cl)cc2cn[nH]c12. The number of aromatic amines is 1. The molecule has 148 valence electrons. The second kappa shape index (κ2) is 8.02. The lowest BCUT2D eigenvalue weighted by atomic mass is 9.68. The molecule has 0 aliphatic carbocycles. The molecule has 8 heteroatoms. The van der Waals surface area contributed by atoms with Gasteiger partial charge in [0.1, 0.15) is 6.67 Å². The van der Waals surface area contributed by atoms with Crippen molar-refractivity contribution in [3.63, 3.8) is 0 Å². The molecule has 0 unspecified atom stereocenters. The van der Waals surface area contributed by atoms with E-state index in [0.717, 1.165) is 29.3 Å². The zero-order valence-corrected chi connectivity index (χ0v) is 16.4. The van der Waals surface area contributed by atoms with Crippen LogP contribution >= 0.6 is 11.6 Å². The van der Waals surface area contributed by atoms with Crippen LogP contribution < -0.4 is 5.32 Å². The number of carbonyl (C=O) groups is 1. The molecule has 3 rings (SSSR count). The van der Waals surface area contributed by atoms with Crippen molar-refractivity contribution in [1.82, 2.24) is 20.4 Å². The Labute approximate surface area is 163 Å². The third-order valence-electron chi connectivity index (χ3n) is 5.75. The van der Waals surface area contributed by atoms with Crippen molar-refractivity contribution < 1.29 is 14.3 Å². The molecule has 1 aromatic carbocycles. The smallest absolute Gasteiger partial charge is 0.317 e. The number of aliphatic hydroxyl groups excluding tert-OH is 1. The van der Waals surface area contributed by atoms with E-state index in [2.05, 4.69) is 15.5 Å². The number of hydrogen-bond acceptors (Lipinski definition) is 3. The highest BCUT2D eigenvalue weighted by atomic mass is 35.5. The standard InChI is InChI=1S/C19H26ClFN4O2/c1-19(2,13-3-7-25(8-4-13)18(27)22-6-5-21)17(26)15-10-14(20)9-12-11-23-24-16(12)15/h9-11,13,17,26H,3-8H2,1-2H3,(H,22,27)(H,23,24)/t17-/m1/s1. The van der Waals surface area contributed by atoms with Crippen LogP contribution in [-0.2, 0) is 0 Å². The number of likely N-dealkylation sites (tertiary alicyclic amines) is 1. The van der Waals surface area contributed by atoms with Crippen LogP contribution in [0.5, 0.6) is 0 Å². The summed E-state index contributed by atoms with van der Waals surface area (Å²) in [4.78, 5) is 13.7. The minimum absolute atomic E-state index is 0.0396. The van der Waals surface area contributed by atoms with E-state index in [0.29, 0.717) is 18.1 Å². The molecule has 3 N–H and O–H groups in total. The summed E-state index contributed by atoms with van der Waals surface area (Å²) in [5, 5.41) is 22.2. The van der Waals surface area contributed by atoms with Gasteiger partial charge in [-0.15, -0.1) is 0 Å². The first-order valence-corrected chi connectivity index (χ1v) is 9.61. The van der Waals surface area contributed by atoms with E-state index >= 15 is 0 Å². The molecule has 27 heavy (non-hydrogen) atoms. The van der Waals surface area contributed by atoms with E-state index in [1.807, 2.05) is 19.9 Å². The van der Waals surface area contributed by atoms with E-state index in [1.165, 1.54) is 0 Å². The molecule has 0 saturated carbocycles.